The Bertz CT molecular complexity index is 918. The number of anilines is 1. The second-order valence-corrected chi connectivity index (χ2v) is 9.03. The number of thiophene rings is 1. The summed E-state index contributed by atoms with van der Waals surface area (Å²) in [7, 11) is 0. The van der Waals surface area contributed by atoms with Gasteiger partial charge in [-0.1, -0.05) is 0 Å². The van der Waals surface area contributed by atoms with Crippen molar-refractivity contribution in [2.75, 3.05) is 30.8 Å². The van der Waals surface area contributed by atoms with Gasteiger partial charge in [0.2, 0.25) is 0 Å². The van der Waals surface area contributed by atoms with Crippen LogP contribution in [0.3, 0.4) is 0 Å². The standard InChI is InChI=1S/C21H27N5S2/c1-15-12-16(5-9-22-15)4-3-8-23-17-6-10-26(11-7-17)21-20-19(24-14-25-21)18(27-2)13-28-20/h5,9,12-14,17,23H,3-4,6-8,10-11H2,1-2H3. The summed E-state index contributed by atoms with van der Waals surface area (Å²) < 4.78 is 1.23. The van der Waals surface area contributed by atoms with E-state index >= 15 is 0 Å². The predicted molar refractivity (Wildman–Crippen MR) is 120 cm³/mol. The van der Waals surface area contributed by atoms with Gasteiger partial charge in [-0.3, -0.25) is 4.98 Å². The average molecular weight is 414 g/mol. The number of nitrogens with one attached hydrogen (secondary N) is 1. The fraction of sp³-hybridized carbons (Fsp3) is 0.476. The predicted octanol–water partition coefficient (Wildman–Crippen LogP) is 4.31. The van der Waals surface area contributed by atoms with E-state index in [9.17, 15) is 0 Å². The van der Waals surface area contributed by atoms with E-state index in [1.54, 1.807) is 29.4 Å². The molecule has 0 aromatic carbocycles. The zero-order valence-electron chi connectivity index (χ0n) is 16.5. The van der Waals surface area contributed by atoms with Crippen LogP contribution < -0.4 is 10.2 Å². The van der Waals surface area contributed by atoms with Crippen molar-refractivity contribution < 1.29 is 0 Å². The van der Waals surface area contributed by atoms with Crippen molar-refractivity contribution in [1.82, 2.24) is 20.3 Å². The summed E-state index contributed by atoms with van der Waals surface area (Å²) in [4.78, 5) is 17.1. The fourth-order valence-corrected chi connectivity index (χ4v) is 5.68. The molecule has 3 aromatic heterocycles. The molecule has 4 heterocycles. The highest BCUT2D eigenvalue weighted by molar-refractivity contribution is 7.99. The van der Waals surface area contributed by atoms with E-state index < -0.39 is 0 Å². The lowest BCUT2D eigenvalue weighted by Crippen LogP contribution is -2.43. The number of nitrogens with zero attached hydrogens (tertiary/aromatic N) is 4. The van der Waals surface area contributed by atoms with Gasteiger partial charge < -0.3 is 10.2 Å². The van der Waals surface area contributed by atoms with E-state index in [1.165, 1.54) is 34.4 Å². The van der Waals surface area contributed by atoms with Crippen LogP contribution in [-0.4, -0.2) is 46.9 Å². The van der Waals surface area contributed by atoms with Crippen molar-refractivity contribution in [3.05, 3.63) is 41.3 Å². The maximum Gasteiger partial charge on any atom is 0.150 e. The molecule has 0 bridgehead atoms. The van der Waals surface area contributed by atoms with Gasteiger partial charge in [0.1, 0.15) is 17.7 Å². The molecular weight excluding hydrogens is 386 g/mol. The van der Waals surface area contributed by atoms with Gasteiger partial charge in [0, 0.05) is 41.3 Å². The zero-order valence-corrected chi connectivity index (χ0v) is 18.2. The second kappa shape index (κ2) is 9.20. The van der Waals surface area contributed by atoms with Crippen LogP contribution in [0, 0.1) is 6.92 Å². The summed E-state index contributed by atoms with van der Waals surface area (Å²) in [6.07, 6.45) is 10.4. The summed E-state index contributed by atoms with van der Waals surface area (Å²) in [5.74, 6) is 1.11. The molecule has 0 saturated carbocycles. The Morgan fingerprint density at radius 3 is 2.89 bits per heavy atom. The third-order valence-electron chi connectivity index (χ3n) is 5.35. The lowest BCUT2D eigenvalue weighted by molar-refractivity contribution is 0.412. The molecule has 0 atom stereocenters. The molecule has 0 radical (unpaired) electrons. The molecule has 1 saturated heterocycles. The molecule has 28 heavy (non-hydrogen) atoms. The van der Waals surface area contributed by atoms with Crippen molar-refractivity contribution in [3.63, 3.8) is 0 Å². The molecular formula is C21H27N5S2. The van der Waals surface area contributed by atoms with Crippen LogP contribution in [0.15, 0.2) is 34.9 Å². The molecule has 0 unspecified atom stereocenters. The zero-order chi connectivity index (χ0) is 19.3. The lowest BCUT2D eigenvalue weighted by Gasteiger charge is -2.33. The molecule has 1 N–H and O–H groups in total. The molecule has 1 fully saturated rings. The first-order chi connectivity index (χ1) is 13.7. The van der Waals surface area contributed by atoms with E-state index in [1.807, 2.05) is 6.20 Å². The van der Waals surface area contributed by atoms with Gasteiger partial charge in [-0.05, 0) is 63.1 Å². The largest absolute Gasteiger partial charge is 0.355 e. The van der Waals surface area contributed by atoms with Gasteiger partial charge in [0.15, 0.2) is 0 Å². The minimum atomic E-state index is 0.609. The van der Waals surface area contributed by atoms with Gasteiger partial charge in [-0.2, -0.15) is 0 Å². The number of aromatic nitrogens is 3. The van der Waals surface area contributed by atoms with Crippen molar-refractivity contribution in [1.29, 1.82) is 0 Å². The quantitative estimate of drug-likeness (QED) is 0.460. The Morgan fingerprint density at radius 2 is 2.11 bits per heavy atom. The molecule has 3 aromatic rings. The summed E-state index contributed by atoms with van der Waals surface area (Å²) in [6.45, 7) is 5.24. The molecule has 1 aliphatic heterocycles. The molecule has 0 aliphatic carbocycles. The number of hydrogen-bond acceptors (Lipinski definition) is 7. The van der Waals surface area contributed by atoms with Crippen molar-refractivity contribution >= 4 is 39.1 Å². The first-order valence-electron chi connectivity index (χ1n) is 9.90. The van der Waals surface area contributed by atoms with Gasteiger partial charge >= 0.3 is 0 Å². The van der Waals surface area contributed by atoms with Crippen LogP contribution in [-0.2, 0) is 6.42 Å². The monoisotopic (exact) mass is 413 g/mol. The smallest absolute Gasteiger partial charge is 0.150 e. The summed E-state index contributed by atoms with van der Waals surface area (Å²) in [5, 5.41) is 5.95. The molecule has 7 heteroatoms. The third-order valence-corrected chi connectivity index (χ3v) is 7.22. The SMILES string of the molecule is CSc1csc2c(N3CCC(NCCCc4ccnc(C)c4)CC3)ncnc12. The number of piperidine rings is 1. The van der Waals surface area contributed by atoms with Crippen LogP contribution in [0.4, 0.5) is 5.82 Å². The molecule has 148 valence electrons. The Morgan fingerprint density at radius 1 is 1.25 bits per heavy atom. The summed E-state index contributed by atoms with van der Waals surface area (Å²) >= 11 is 3.53. The maximum absolute atomic E-state index is 4.61. The third kappa shape index (κ3) is 4.47. The van der Waals surface area contributed by atoms with Gasteiger partial charge in [0.25, 0.3) is 0 Å². The fourth-order valence-electron chi connectivity index (χ4n) is 3.84. The number of aryl methyl sites for hydroxylation is 2. The highest BCUT2D eigenvalue weighted by atomic mass is 32.2. The van der Waals surface area contributed by atoms with Crippen LogP contribution in [0.25, 0.3) is 10.2 Å². The normalized spacial score (nSPS) is 15.4. The first-order valence-corrected chi connectivity index (χ1v) is 12.0. The van der Waals surface area contributed by atoms with Crippen LogP contribution in [0.5, 0.6) is 0 Å². The van der Waals surface area contributed by atoms with E-state index in [0.717, 1.165) is 43.1 Å². The molecule has 5 nitrogen and oxygen atoms in total. The average Bonchev–Trinajstić information content (AvgIpc) is 3.15. The van der Waals surface area contributed by atoms with Gasteiger partial charge in [-0.15, -0.1) is 23.1 Å². The van der Waals surface area contributed by atoms with E-state index in [-0.39, 0.29) is 0 Å². The highest BCUT2D eigenvalue weighted by Gasteiger charge is 2.22. The molecule has 0 spiro atoms. The molecule has 0 amide bonds. The van der Waals surface area contributed by atoms with Gasteiger partial charge in [-0.25, -0.2) is 9.97 Å². The number of rotatable bonds is 7. The summed E-state index contributed by atoms with van der Waals surface area (Å²) in [5.41, 5.74) is 3.60. The van der Waals surface area contributed by atoms with Crippen molar-refractivity contribution in [3.8, 4) is 0 Å². The highest BCUT2D eigenvalue weighted by Crippen LogP contribution is 2.36. The Labute approximate surface area is 175 Å². The minimum Gasteiger partial charge on any atom is -0.355 e. The topological polar surface area (TPSA) is 53.9 Å². The first kappa shape index (κ1) is 19.6. The van der Waals surface area contributed by atoms with Crippen molar-refractivity contribution in [2.45, 2.75) is 43.5 Å². The molecule has 4 rings (SSSR count). The van der Waals surface area contributed by atoms with Crippen molar-refractivity contribution in [2.24, 2.45) is 0 Å². The van der Waals surface area contributed by atoms with Gasteiger partial charge in [0.05, 0.1) is 4.70 Å². The number of hydrogen-bond donors (Lipinski definition) is 1. The van der Waals surface area contributed by atoms with E-state index in [0.29, 0.717) is 6.04 Å². The van der Waals surface area contributed by atoms with Crippen LogP contribution in [0.1, 0.15) is 30.5 Å². The van der Waals surface area contributed by atoms with E-state index in [4.69, 9.17) is 0 Å². The second-order valence-electron chi connectivity index (χ2n) is 7.30. The van der Waals surface area contributed by atoms with Crippen LogP contribution >= 0.6 is 23.1 Å². The Hall–Kier alpha value is -1.70. The van der Waals surface area contributed by atoms with Crippen LogP contribution in [0.2, 0.25) is 0 Å². The summed E-state index contributed by atoms with van der Waals surface area (Å²) in [6, 6.07) is 4.92. The lowest BCUT2D eigenvalue weighted by atomic mass is 10.0. The molecule has 1 aliphatic rings. The maximum atomic E-state index is 4.61. The Kier molecular flexibility index (Phi) is 6.44. The minimum absolute atomic E-state index is 0.609. The number of thioether (sulfide) groups is 1. The Balaban J connectivity index is 1.26. The van der Waals surface area contributed by atoms with E-state index in [2.05, 4.69) is 55.9 Å². The number of fused-ring (bicyclic) bond motifs is 1. The number of pyridine rings is 1.